The predicted molar refractivity (Wildman–Crippen MR) is 125 cm³/mol. The molecule has 2 aromatic carbocycles. The molecule has 9 heteroatoms. The fraction of sp³-hybridized carbons (Fsp3) is 0.360. The van der Waals surface area contributed by atoms with Gasteiger partial charge < -0.3 is 25.8 Å². The fourth-order valence-corrected chi connectivity index (χ4v) is 3.93. The van der Waals surface area contributed by atoms with E-state index in [0.29, 0.717) is 19.4 Å². The molecule has 0 saturated heterocycles. The van der Waals surface area contributed by atoms with Gasteiger partial charge in [-0.15, -0.1) is 0 Å². The Morgan fingerprint density at radius 3 is 2.03 bits per heavy atom. The van der Waals surface area contributed by atoms with Crippen molar-refractivity contribution < 1.29 is 29.0 Å². The number of amides is 3. The number of hydrogen-bond donors (Lipinski definition) is 4. The molecule has 9 nitrogen and oxygen atoms in total. The number of ether oxygens (including phenoxy) is 1. The van der Waals surface area contributed by atoms with Gasteiger partial charge in [0.05, 0.1) is 6.54 Å². The van der Waals surface area contributed by atoms with Crippen molar-refractivity contribution in [3.05, 3.63) is 59.7 Å². The summed E-state index contributed by atoms with van der Waals surface area (Å²) in [6.07, 6.45) is 1.80. The first kappa shape index (κ1) is 24.8. The van der Waals surface area contributed by atoms with Crippen LogP contribution in [0.15, 0.2) is 48.5 Å². The lowest BCUT2D eigenvalue weighted by Crippen LogP contribution is -2.38. The number of alkyl carbamates (subject to hydrolysis) is 1. The average molecular weight is 468 g/mol. The smallest absolute Gasteiger partial charge is 0.407 e. The zero-order chi connectivity index (χ0) is 24.3. The van der Waals surface area contributed by atoms with Gasteiger partial charge in [0.1, 0.15) is 13.2 Å². The summed E-state index contributed by atoms with van der Waals surface area (Å²) in [5.41, 5.74) is 4.68. The lowest BCUT2D eigenvalue weighted by Gasteiger charge is -2.14. The molecule has 0 aromatic heterocycles. The molecule has 3 rings (SSSR count). The summed E-state index contributed by atoms with van der Waals surface area (Å²) in [5.74, 6) is -1.97. The summed E-state index contributed by atoms with van der Waals surface area (Å²) in [4.78, 5) is 45.6. The van der Waals surface area contributed by atoms with E-state index in [1.165, 1.54) is 11.1 Å². The highest BCUT2D eigenvalue weighted by molar-refractivity contribution is 5.86. The van der Waals surface area contributed by atoms with Gasteiger partial charge in [-0.3, -0.25) is 14.4 Å². The number of benzene rings is 2. The molecule has 34 heavy (non-hydrogen) atoms. The second kappa shape index (κ2) is 12.4. The minimum atomic E-state index is -1.15. The van der Waals surface area contributed by atoms with Gasteiger partial charge in [-0.1, -0.05) is 55.0 Å². The summed E-state index contributed by atoms with van der Waals surface area (Å²) in [6.45, 7) is -0.0310. The van der Waals surface area contributed by atoms with Crippen LogP contribution in [0.3, 0.4) is 0 Å². The maximum Gasteiger partial charge on any atom is 0.407 e. The lowest BCUT2D eigenvalue weighted by molar-refractivity contribution is -0.137. The normalized spacial score (nSPS) is 11.8. The zero-order valence-electron chi connectivity index (χ0n) is 18.8. The molecule has 0 saturated carbocycles. The van der Waals surface area contributed by atoms with Gasteiger partial charge in [0.15, 0.2) is 0 Å². The van der Waals surface area contributed by atoms with Gasteiger partial charge in [-0.25, -0.2) is 4.79 Å². The number of nitrogens with one attached hydrogen (secondary N) is 3. The second-order valence-corrected chi connectivity index (χ2v) is 8.01. The van der Waals surface area contributed by atoms with Crippen molar-refractivity contribution in [2.45, 2.75) is 31.6 Å². The lowest BCUT2D eigenvalue weighted by atomic mass is 9.98. The van der Waals surface area contributed by atoms with Crippen LogP contribution in [0.1, 0.15) is 42.7 Å². The Labute approximate surface area is 197 Å². The third-order valence-electron chi connectivity index (χ3n) is 5.58. The van der Waals surface area contributed by atoms with Crippen molar-refractivity contribution in [3.8, 4) is 11.1 Å². The number of carbonyl (C=O) groups is 4. The van der Waals surface area contributed by atoms with Crippen molar-refractivity contribution in [2.75, 3.05) is 26.2 Å². The van der Waals surface area contributed by atoms with Crippen LogP contribution in [-0.4, -0.2) is 55.2 Å². The number of rotatable bonds is 12. The number of aliphatic carboxylic acids is 1. The third kappa shape index (κ3) is 7.06. The highest BCUT2D eigenvalue weighted by atomic mass is 16.5. The number of carboxylic acid groups (broad SMARTS) is 1. The molecule has 0 bridgehead atoms. The fourth-order valence-electron chi connectivity index (χ4n) is 3.93. The minimum Gasteiger partial charge on any atom is -0.480 e. The number of hydrogen-bond acceptors (Lipinski definition) is 5. The molecule has 1 aliphatic carbocycles. The molecule has 180 valence electrons. The van der Waals surface area contributed by atoms with E-state index in [1.807, 2.05) is 24.3 Å². The van der Waals surface area contributed by atoms with Gasteiger partial charge >= 0.3 is 12.1 Å². The molecule has 0 radical (unpaired) electrons. The van der Waals surface area contributed by atoms with E-state index in [-0.39, 0.29) is 31.4 Å². The van der Waals surface area contributed by atoms with Crippen molar-refractivity contribution >= 4 is 23.9 Å². The first-order chi connectivity index (χ1) is 16.5. The average Bonchev–Trinajstić information content (AvgIpc) is 3.16. The van der Waals surface area contributed by atoms with Crippen LogP contribution in [0.2, 0.25) is 0 Å². The molecule has 1 aliphatic rings. The topological polar surface area (TPSA) is 134 Å². The largest absolute Gasteiger partial charge is 0.480 e. The quantitative estimate of drug-likeness (QED) is 0.354. The van der Waals surface area contributed by atoms with Gasteiger partial charge in [0.25, 0.3) is 0 Å². The minimum absolute atomic E-state index is 0.0165. The van der Waals surface area contributed by atoms with Crippen molar-refractivity contribution in [1.29, 1.82) is 0 Å². The summed E-state index contributed by atoms with van der Waals surface area (Å²) in [5, 5.41) is 15.8. The first-order valence-electron chi connectivity index (χ1n) is 11.3. The maximum atomic E-state index is 12.1. The van der Waals surface area contributed by atoms with Gasteiger partial charge in [-0.2, -0.15) is 0 Å². The van der Waals surface area contributed by atoms with Gasteiger partial charge in [0.2, 0.25) is 11.8 Å². The Balaban J connectivity index is 1.28. The molecule has 0 heterocycles. The van der Waals surface area contributed by atoms with Crippen LogP contribution in [0.5, 0.6) is 0 Å². The number of fused-ring (bicyclic) bond motifs is 3. The number of carbonyl (C=O) groups excluding carboxylic acids is 3. The molecule has 4 N–H and O–H groups in total. The predicted octanol–water partition coefficient (Wildman–Crippen LogP) is 2.40. The standard InChI is InChI=1S/C25H29N3O6/c29-22(27-14-23(30)28-15-24(31)32)12-2-1-7-13-26-25(33)34-16-21-19-10-5-3-8-17(19)18-9-4-6-11-20(18)21/h3-6,8-11,21H,1-2,7,12-16H2,(H,26,33)(H,27,29)(H,28,30)(H,31,32). The van der Waals surface area contributed by atoms with E-state index in [1.54, 1.807) is 0 Å². The first-order valence-corrected chi connectivity index (χ1v) is 11.3. The monoisotopic (exact) mass is 467 g/mol. The highest BCUT2D eigenvalue weighted by Crippen LogP contribution is 2.44. The molecule has 0 aliphatic heterocycles. The van der Waals surface area contributed by atoms with E-state index in [4.69, 9.17) is 9.84 Å². The van der Waals surface area contributed by atoms with E-state index in [0.717, 1.165) is 17.5 Å². The Kier molecular flexibility index (Phi) is 9.02. The maximum absolute atomic E-state index is 12.1. The van der Waals surface area contributed by atoms with E-state index in [9.17, 15) is 19.2 Å². The summed E-state index contributed by atoms with van der Waals surface area (Å²) < 4.78 is 5.48. The summed E-state index contributed by atoms with van der Waals surface area (Å²) >= 11 is 0. The SMILES string of the molecule is O=C(O)CNC(=O)CNC(=O)CCCCCNC(=O)OCC1c2ccccc2-c2ccccc21. The molecule has 3 amide bonds. The third-order valence-corrected chi connectivity index (χ3v) is 5.58. The summed E-state index contributed by atoms with van der Waals surface area (Å²) in [7, 11) is 0. The molecular weight excluding hydrogens is 438 g/mol. The Morgan fingerprint density at radius 2 is 1.38 bits per heavy atom. The van der Waals surface area contributed by atoms with Gasteiger partial charge in [-0.05, 0) is 35.1 Å². The number of unbranched alkanes of at least 4 members (excludes halogenated alkanes) is 2. The van der Waals surface area contributed by atoms with Crippen molar-refractivity contribution in [2.24, 2.45) is 0 Å². The highest BCUT2D eigenvalue weighted by Gasteiger charge is 2.28. The van der Waals surface area contributed by atoms with E-state index < -0.39 is 24.5 Å². The van der Waals surface area contributed by atoms with Crippen LogP contribution < -0.4 is 16.0 Å². The second-order valence-electron chi connectivity index (χ2n) is 8.01. The molecule has 0 atom stereocenters. The van der Waals surface area contributed by atoms with Crippen molar-refractivity contribution in [3.63, 3.8) is 0 Å². The van der Waals surface area contributed by atoms with Gasteiger partial charge in [0, 0.05) is 18.9 Å². The molecule has 0 spiro atoms. The van der Waals surface area contributed by atoms with Crippen LogP contribution in [0, 0.1) is 0 Å². The van der Waals surface area contributed by atoms with Crippen molar-refractivity contribution in [1.82, 2.24) is 16.0 Å². The molecular formula is C25H29N3O6. The zero-order valence-corrected chi connectivity index (χ0v) is 18.8. The molecule has 2 aromatic rings. The molecule has 0 unspecified atom stereocenters. The Hall–Kier alpha value is -3.88. The molecule has 0 fully saturated rings. The van der Waals surface area contributed by atoms with E-state index >= 15 is 0 Å². The number of carboxylic acids is 1. The Bertz CT molecular complexity index is 993. The Morgan fingerprint density at radius 1 is 0.765 bits per heavy atom. The summed E-state index contributed by atoms with van der Waals surface area (Å²) in [6, 6.07) is 16.3. The van der Waals surface area contributed by atoms with Crippen LogP contribution in [0.25, 0.3) is 11.1 Å². The van der Waals surface area contributed by atoms with Crippen LogP contribution >= 0.6 is 0 Å². The van der Waals surface area contributed by atoms with E-state index in [2.05, 4.69) is 40.2 Å². The van der Waals surface area contributed by atoms with Crippen LogP contribution in [-0.2, 0) is 19.1 Å². The van der Waals surface area contributed by atoms with Crippen LogP contribution in [0.4, 0.5) is 4.79 Å².